The molecular weight excluding hydrogens is 310 g/mol. The topological polar surface area (TPSA) is 12.0 Å². The summed E-state index contributed by atoms with van der Waals surface area (Å²) in [7, 11) is 0. The number of aryl methyl sites for hydroxylation is 1. The fourth-order valence-electron chi connectivity index (χ4n) is 2.37. The second-order valence-corrected chi connectivity index (χ2v) is 6.45. The summed E-state index contributed by atoms with van der Waals surface area (Å²) in [5.41, 5.74) is 3.94. The fraction of sp³-hybridized carbons (Fsp3) is 0.333. The van der Waals surface area contributed by atoms with Gasteiger partial charge in [-0.1, -0.05) is 72.2 Å². The Morgan fingerprint density at radius 1 is 1.05 bits per heavy atom. The number of halogens is 1. The average Bonchev–Trinajstić information content (AvgIpc) is 2.44. The van der Waals surface area contributed by atoms with Crippen molar-refractivity contribution in [2.24, 2.45) is 5.92 Å². The second kappa shape index (κ2) is 7.05. The van der Waals surface area contributed by atoms with Gasteiger partial charge in [-0.05, 0) is 35.6 Å². The molecule has 1 N–H and O–H groups in total. The van der Waals surface area contributed by atoms with Crippen molar-refractivity contribution in [3.05, 3.63) is 69.7 Å². The molecule has 106 valence electrons. The molecule has 2 aromatic carbocycles. The second-order valence-electron chi connectivity index (χ2n) is 5.60. The Hall–Kier alpha value is -1.12. The zero-order valence-electron chi connectivity index (χ0n) is 12.4. The molecule has 0 aromatic heterocycles. The highest BCUT2D eigenvalue weighted by atomic mass is 79.9. The third kappa shape index (κ3) is 3.94. The Balaban J connectivity index is 2.08. The molecule has 0 aliphatic heterocycles. The molecule has 0 saturated heterocycles. The highest BCUT2D eigenvalue weighted by molar-refractivity contribution is 9.10. The smallest absolute Gasteiger partial charge is 0.0346 e. The van der Waals surface area contributed by atoms with Crippen LogP contribution >= 0.6 is 15.9 Å². The van der Waals surface area contributed by atoms with E-state index in [1.54, 1.807) is 0 Å². The predicted octanol–water partition coefficient (Wildman–Crippen LogP) is 5.24. The Kier molecular flexibility index (Phi) is 5.38. The molecule has 0 aliphatic rings. The van der Waals surface area contributed by atoms with Crippen LogP contribution in [-0.4, -0.2) is 0 Å². The minimum atomic E-state index is 0.385. The van der Waals surface area contributed by atoms with Crippen molar-refractivity contribution in [2.75, 3.05) is 0 Å². The largest absolute Gasteiger partial charge is 0.306 e. The van der Waals surface area contributed by atoms with Gasteiger partial charge in [0.15, 0.2) is 0 Å². The molecule has 0 amide bonds. The van der Waals surface area contributed by atoms with Crippen molar-refractivity contribution in [3.63, 3.8) is 0 Å². The van der Waals surface area contributed by atoms with Crippen LogP contribution in [0.2, 0.25) is 0 Å². The van der Waals surface area contributed by atoms with Crippen molar-refractivity contribution in [2.45, 2.75) is 33.4 Å². The molecule has 2 aromatic rings. The van der Waals surface area contributed by atoms with Crippen LogP contribution in [0, 0.1) is 12.8 Å². The highest BCUT2D eigenvalue weighted by Gasteiger charge is 2.14. The van der Waals surface area contributed by atoms with Crippen LogP contribution in [-0.2, 0) is 6.54 Å². The summed E-state index contributed by atoms with van der Waals surface area (Å²) in [5, 5.41) is 3.68. The van der Waals surface area contributed by atoms with E-state index in [9.17, 15) is 0 Å². The molecule has 0 bridgehead atoms. The summed E-state index contributed by atoms with van der Waals surface area (Å²) in [6.07, 6.45) is 0. The molecule has 0 aliphatic carbocycles. The first kappa shape index (κ1) is 15.3. The predicted molar refractivity (Wildman–Crippen MR) is 89.7 cm³/mol. The number of rotatable bonds is 5. The molecule has 1 unspecified atom stereocenters. The van der Waals surface area contributed by atoms with Crippen LogP contribution in [0.25, 0.3) is 0 Å². The maximum atomic E-state index is 3.68. The van der Waals surface area contributed by atoms with Crippen molar-refractivity contribution >= 4 is 15.9 Å². The quantitative estimate of drug-likeness (QED) is 0.789. The summed E-state index contributed by atoms with van der Waals surface area (Å²) in [6, 6.07) is 17.6. The Morgan fingerprint density at radius 3 is 2.35 bits per heavy atom. The third-order valence-electron chi connectivity index (χ3n) is 3.59. The van der Waals surface area contributed by atoms with Gasteiger partial charge >= 0.3 is 0 Å². The van der Waals surface area contributed by atoms with E-state index in [2.05, 4.69) is 90.5 Å². The summed E-state index contributed by atoms with van der Waals surface area (Å²) in [5.74, 6) is 0.561. The number of hydrogen-bond acceptors (Lipinski definition) is 1. The van der Waals surface area contributed by atoms with E-state index in [4.69, 9.17) is 0 Å². The van der Waals surface area contributed by atoms with Crippen molar-refractivity contribution < 1.29 is 0 Å². The van der Waals surface area contributed by atoms with E-state index in [-0.39, 0.29) is 0 Å². The standard InChI is InChI=1S/C18H22BrN/c1-13(2)18(16-7-5-4-6-8-16)20-12-15-10-9-14(3)17(19)11-15/h4-11,13,18,20H,12H2,1-3H3. The monoisotopic (exact) mass is 331 g/mol. The van der Waals surface area contributed by atoms with Gasteiger partial charge in [-0.15, -0.1) is 0 Å². The van der Waals surface area contributed by atoms with Gasteiger partial charge in [0, 0.05) is 17.1 Å². The lowest BCUT2D eigenvalue weighted by Crippen LogP contribution is -2.25. The first-order valence-electron chi connectivity index (χ1n) is 7.11. The molecule has 2 rings (SSSR count). The van der Waals surface area contributed by atoms with Crippen molar-refractivity contribution in [1.82, 2.24) is 5.32 Å². The first-order valence-corrected chi connectivity index (χ1v) is 7.90. The van der Waals surface area contributed by atoms with Gasteiger partial charge in [-0.3, -0.25) is 0 Å². The molecule has 0 radical (unpaired) electrons. The maximum Gasteiger partial charge on any atom is 0.0346 e. The Bertz CT molecular complexity index is 549. The summed E-state index contributed by atoms with van der Waals surface area (Å²) in [6.45, 7) is 7.52. The minimum absolute atomic E-state index is 0.385. The third-order valence-corrected chi connectivity index (χ3v) is 4.44. The van der Waals surface area contributed by atoms with Gasteiger partial charge in [0.1, 0.15) is 0 Å². The van der Waals surface area contributed by atoms with E-state index >= 15 is 0 Å². The van der Waals surface area contributed by atoms with Crippen LogP contribution in [0.1, 0.15) is 36.6 Å². The van der Waals surface area contributed by atoms with E-state index < -0.39 is 0 Å². The summed E-state index contributed by atoms with van der Waals surface area (Å²) < 4.78 is 1.18. The van der Waals surface area contributed by atoms with Gasteiger partial charge in [0.05, 0.1) is 0 Å². The molecule has 0 fully saturated rings. The van der Waals surface area contributed by atoms with E-state index in [0.717, 1.165) is 6.54 Å². The Labute approximate surface area is 130 Å². The summed E-state index contributed by atoms with van der Waals surface area (Å²) in [4.78, 5) is 0. The van der Waals surface area contributed by atoms with Crippen LogP contribution < -0.4 is 5.32 Å². The van der Waals surface area contributed by atoms with Crippen molar-refractivity contribution in [3.8, 4) is 0 Å². The van der Waals surface area contributed by atoms with Gasteiger partial charge < -0.3 is 5.32 Å². The van der Waals surface area contributed by atoms with Crippen LogP contribution in [0.3, 0.4) is 0 Å². The van der Waals surface area contributed by atoms with Crippen molar-refractivity contribution in [1.29, 1.82) is 0 Å². The Morgan fingerprint density at radius 2 is 1.75 bits per heavy atom. The molecule has 0 heterocycles. The highest BCUT2D eigenvalue weighted by Crippen LogP contribution is 2.23. The van der Waals surface area contributed by atoms with Gasteiger partial charge in [-0.2, -0.15) is 0 Å². The molecule has 20 heavy (non-hydrogen) atoms. The molecule has 0 saturated carbocycles. The number of hydrogen-bond donors (Lipinski definition) is 1. The lowest BCUT2D eigenvalue weighted by atomic mass is 9.96. The first-order chi connectivity index (χ1) is 9.58. The van der Waals surface area contributed by atoms with Crippen LogP contribution in [0.5, 0.6) is 0 Å². The van der Waals surface area contributed by atoms with Gasteiger partial charge in [0.25, 0.3) is 0 Å². The van der Waals surface area contributed by atoms with E-state index in [1.165, 1.54) is 21.2 Å². The zero-order valence-corrected chi connectivity index (χ0v) is 13.9. The molecule has 0 spiro atoms. The van der Waals surface area contributed by atoms with Gasteiger partial charge in [0.2, 0.25) is 0 Å². The lowest BCUT2D eigenvalue weighted by molar-refractivity contribution is 0.410. The lowest BCUT2D eigenvalue weighted by Gasteiger charge is -2.23. The number of benzene rings is 2. The zero-order chi connectivity index (χ0) is 14.5. The van der Waals surface area contributed by atoms with Crippen LogP contribution in [0.15, 0.2) is 53.0 Å². The molecule has 2 heteroatoms. The molecule has 1 atom stereocenters. The van der Waals surface area contributed by atoms with Crippen LogP contribution in [0.4, 0.5) is 0 Å². The normalized spacial score (nSPS) is 12.7. The van der Waals surface area contributed by atoms with E-state index in [1.807, 2.05) is 0 Å². The number of nitrogens with one attached hydrogen (secondary N) is 1. The van der Waals surface area contributed by atoms with Gasteiger partial charge in [-0.25, -0.2) is 0 Å². The SMILES string of the molecule is Cc1ccc(CNC(c2ccccc2)C(C)C)cc1Br. The molecular formula is C18H22BrN. The fourth-order valence-corrected chi connectivity index (χ4v) is 2.80. The average molecular weight is 332 g/mol. The maximum absolute atomic E-state index is 3.68. The minimum Gasteiger partial charge on any atom is -0.306 e. The van der Waals surface area contributed by atoms with E-state index in [0.29, 0.717) is 12.0 Å². The molecule has 1 nitrogen and oxygen atoms in total. The summed E-state index contributed by atoms with van der Waals surface area (Å²) >= 11 is 3.60.